The molecule has 20 heavy (non-hydrogen) atoms. The van der Waals surface area contributed by atoms with Crippen LogP contribution in [0.2, 0.25) is 0 Å². The predicted molar refractivity (Wildman–Crippen MR) is 81.2 cm³/mol. The van der Waals surface area contributed by atoms with Crippen molar-refractivity contribution in [1.82, 2.24) is 10.3 Å². The summed E-state index contributed by atoms with van der Waals surface area (Å²) in [5.74, 6) is 0.146. The van der Waals surface area contributed by atoms with Gasteiger partial charge < -0.3 is 15.5 Å². The van der Waals surface area contributed by atoms with Crippen LogP contribution >= 0.6 is 11.3 Å². The third-order valence-electron chi connectivity index (χ3n) is 3.22. The highest BCUT2D eigenvalue weighted by Crippen LogP contribution is 2.27. The molecule has 4 nitrogen and oxygen atoms in total. The standard InChI is InChI=1S/C15H20N2O2S/c1-4-14-8-16-15(20-14)10(3)17-9(2)11-5-12(18)7-13(19)6-11/h5-10,17-19H,4H2,1-3H3. The first kappa shape index (κ1) is 14.8. The molecule has 2 aromatic rings. The number of thiazole rings is 1. The summed E-state index contributed by atoms with van der Waals surface area (Å²) >= 11 is 1.71. The molecule has 0 bridgehead atoms. The van der Waals surface area contributed by atoms with E-state index in [1.54, 1.807) is 23.5 Å². The Bertz CT molecular complexity index is 563. The zero-order chi connectivity index (χ0) is 14.7. The number of aromatic hydroxyl groups is 2. The van der Waals surface area contributed by atoms with Gasteiger partial charge in [-0.25, -0.2) is 4.98 Å². The quantitative estimate of drug-likeness (QED) is 0.789. The summed E-state index contributed by atoms with van der Waals surface area (Å²) in [6, 6.07) is 4.78. The number of hydrogen-bond acceptors (Lipinski definition) is 5. The van der Waals surface area contributed by atoms with E-state index in [-0.39, 0.29) is 23.6 Å². The second-order valence-electron chi connectivity index (χ2n) is 4.91. The van der Waals surface area contributed by atoms with Crippen LogP contribution in [0.25, 0.3) is 0 Å². The van der Waals surface area contributed by atoms with Gasteiger partial charge in [-0.2, -0.15) is 0 Å². The molecule has 0 aliphatic heterocycles. The van der Waals surface area contributed by atoms with E-state index in [0.29, 0.717) is 0 Å². The number of nitrogens with zero attached hydrogens (tertiary/aromatic N) is 1. The number of phenols is 2. The monoisotopic (exact) mass is 292 g/mol. The van der Waals surface area contributed by atoms with E-state index >= 15 is 0 Å². The minimum Gasteiger partial charge on any atom is -0.508 e. The van der Waals surface area contributed by atoms with Gasteiger partial charge in [-0.05, 0) is 38.0 Å². The largest absolute Gasteiger partial charge is 0.508 e. The van der Waals surface area contributed by atoms with Crippen molar-refractivity contribution in [2.75, 3.05) is 0 Å². The highest BCUT2D eigenvalue weighted by Gasteiger charge is 2.15. The molecular formula is C15H20N2O2S. The Kier molecular flexibility index (Phi) is 4.62. The van der Waals surface area contributed by atoms with Gasteiger partial charge in [-0.3, -0.25) is 0 Å². The van der Waals surface area contributed by atoms with Crippen molar-refractivity contribution in [1.29, 1.82) is 0 Å². The van der Waals surface area contributed by atoms with Crippen LogP contribution in [0, 0.1) is 0 Å². The van der Waals surface area contributed by atoms with E-state index in [9.17, 15) is 10.2 Å². The number of benzene rings is 1. The Morgan fingerprint density at radius 1 is 1.15 bits per heavy atom. The smallest absolute Gasteiger partial charge is 0.119 e. The highest BCUT2D eigenvalue weighted by atomic mass is 32.1. The summed E-state index contributed by atoms with van der Waals surface area (Å²) in [6.45, 7) is 6.18. The van der Waals surface area contributed by atoms with Gasteiger partial charge in [0.05, 0.1) is 6.04 Å². The van der Waals surface area contributed by atoms with Gasteiger partial charge in [0, 0.05) is 23.2 Å². The third kappa shape index (κ3) is 3.49. The van der Waals surface area contributed by atoms with Crippen LogP contribution in [0.1, 0.15) is 48.3 Å². The average molecular weight is 292 g/mol. The van der Waals surface area contributed by atoms with Crippen LogP contribution in [0.15, 0.2) is 24.4 Å². The lowest BCUT2D eigenvalue weighted by Crippen LogP contribution is -2.22. The van der Waals surface area contributed by atoms with Crippen molar-refractivity contribution in [3.05, 3.63) is 39.8 Å². The molecule has 0 saturated carbocycles. The Morgan fingerprint density at radius 3 is 2.35 bits per heavy atom. The molecule has 0 amide bonds. The summed E-state index contributed by atoms with van der Waals surface area (Å²) in [4.78, 5) is 5.70. The number of rotatable bonds is 5. The molecule has 1 aromatic carbocycles. The third-order valence-corrected chi connectivity index (χ3v) is 4.54. The lowest BCUT2D eigenvalue weighted by atomic mass is 10.1. The molecule has 1 aromatic heterocycles. The summed E-state index contributed by atoms with van der Waals surface area (Å²) in [7, 11) is 0. The minimum absolute atomic E-state index is 0.0111. The Labute approximate surface area is 123 Å². The fraction of sp³-hybridized carbons (Fsp3) is 0.400. The number of phenolic OH excluding ortho intramolecular Hbond substituents is 2. The van der Waals surface area contributed by atoms with Gasteiger partial charge in [0.15, 0.2) is 0 Å². The Morgan fingerprint density at radius 2 is 1.80 bits per heavy atom. The molecule has 0 radical (unpaired) electrons. The molecule has 1 heterocycles. The second kappa shape index (κ2) is 6.24. The van der Waals surface area contributed by atoms with Crippen molar-refractivity contribution in [2.24, 2.45) is 0 Å². The zero-order valence-electron chi connectivity index (χ0n) is 11.9. The first-order valence-corrected chi connectivity index (χ1v) is 7.54. The van der Waals surface area contributed by atoms with Gasteiger partial charge in [-0.15, -0.1) is 11.3 Å². The molecule has 2 unspecified atom stereocenters. The first-order valence-electron chi connectivity index (χ1n) is 6.73. The van der Waals surface area contributed by atoms with E-state index in [2.05, 4.69) is 24.1 Å². The molecule has 5 heteroatoms. The number of aromatic nitrogens is 1. The molecule has 3 N–H and O–H groups in total. The number of hydrogen-bond donors (Lipinski definition) is 3. The second-order valence-corrected chi connectivity index (χ2v) is 6.06. The summed E-state index contributed by atoms with van der Waals surface area (Å²) < 4.78 is 0. The molecule has 0 aliphatic rings. The van der Waals surface area contributed by atoms with Crippen LogP contribution in [0.4, 0.5) is 0 Å². The number of nitrogens with one attached hydrogen (secondary N) is 1. The van der Waals surface area contributed by atoms with Crippen LogP contribution in [-0.4, -0.2) is 15.2 Å². The molecule has 2 rings (SSSR count). The Balaban J connectivity index is 2.08. The van der Waals surface area contributed by atoms with Gasteiger partial charge >= 0.3 is 0 Å². The molecule has 0 saturated heterocycles. The SMILES string of the molecule is CCc1cnc(C(C)NC(C)c2cc(O)cc(O)c2)s1. The molecular weight excluding hydrogens is 272 g/mol. The maximum absolute atomic E-state index is 9.53. The van der Waals surface area contributed by atoms with Crippen molar-refractivity contribution >= 4 is 11.3 Å². The zero-order valence-corrected chi connectivity index (χ0v) is 12.7. The average Bonchev–Trinajstić information content (AvgIpc) is 2.86. The van der Waals surface area contributed by atoms with Gasteiger partial charge in [0.2, 0.25) is 0 Å². The van der Waals surface area contributed by atoms with E-state index in [0.717, 1.165) is 17.0 Å². The molecule has 0 fully saturated rings. The van der Waals surface area contributed by atoms with E-state index in [1.165, 1.54) is 10.9 Å². The summed E-state index contributed by atoms with van der Waals surface area (Å²) in [5, 5.41) is 23.5. The van der Waals surface area contributed by atoms with Crippen LogP contribution in [0.3, 0.4) is 0 Å². The normalized spacial score (nSPS) is 14.2. The molecule has 2 atom stereocenters. The maximum Gasteiger partial charge on any atom is 0.119 e. The van der Waals surface area contributed by atoms with Crippen LogP contribution < -0.4 is 5.32 Å². The van der Waals surface area contributed by atoms with Crippen LogP contribution in [0.5, 0.6) is 11.5 Å². The highest BCUT2D eigenvalue weighted by molar-refractivity contribution is 7.11. The summed E-state index contributed by atoms with van der Waals surface area (Å²) in [5.41, 5.74) is 0.849. The van der Waals surface area contributed by atoms with E-state index in [4.69, 9.17) is 0 Å². The lowest BCUT2D eigenvalue weighted by molar-refractivity contribution is 0.442. The van der Waals surface area contributed by atoms with Gasteiger partial charge in [0.1, 0.15) is 16.5 Å². The fourth-order valence-electron chi connectivity index (χ4n) is 2.10. The van der Waals surface area contributed by atoms with Gasteiger partial charge in [0.25, 0.3) is 0 Å². The molecule has 0 spiro atoms. The molecule has 108 valence electrons. The van der Waals surface area contributed by atoms with E-state index in [1.807, 2.05) is 13.1 Å². The topological polar surface area (TPSA) is 65.4 Å². The van der Waals surface area contributed by atoms with Gasteiger partial charge in [-0.1, -0.05) is 6.92 Å². The van der Waals surface area contributed by atoms with Crippen molar-refractivity contribution < 1.29 is 10.2 Å². The number of aryl methyl sites for hydroxylation is 1. The lowest BCUT2D eigenvalue weighted by Gasteiger charge is -2.19. The Hall–Kier alpha value is -1.59. The van der Waals surface area contributed by atoms with Crippen LogP contribution in [-0.2, 0) is 6.42 Å². The molecule has 0 aliphatic carbocycles. The maximum atomic E-state index is 9.53. The predicted octanol–water partition coefficient (Wildman–Crippen LogP) is 3.53. The summed E-state index contributed by atoms with van der Waals surface area (Å²) in [6.07, 6.45) is 2.92. The van der Waals surface area contributed by atoms with Crippen molar-refractivity contribution in [3.63, 3.8) is 0 Å². The fourth-order valence-corrected chi connectivity index (χ4v) is 2.97. The van der Waals surface area contributed by atoms with Crippen molar-refractivity contribution in [2.45, 2.75) is 39.3 Å². The van der Waals surface area contributed by atoms with E-state index < -0.39 is 0 Å². The first-order chi connectivity index (χ1) is 9.49. The van der Waals surface area contributed by atoms with Crippen molar-refractivity contribution in [3.8, 4) is 11.5 Å². The minimum atomic E-state index is 0.0111.